The van der Waals surface area contributed by atoms with E-state index in [4.69, 9.17) is 4.74 Å². The molecule has 0 spiro atoms. The molecule has 28 heavy (non-hydrogen) atoms. The topological polar surface area (TPSA) is 75.6 Å². The van der Waals surface area contributed by atoms with Gasteiger partial charge >= 0.3 is 5.97 Å². The second-order valence-electron chi connectivity index (χ2n) is 6.49. The van der Waals surface area contributed by atoms with Crippen LogP contribution in [0.1, 0.15) is 58.3 Å². The van der Waals surface area contributed by atoms with Gasteiger partial charge in [-0.05, 0) is 52.2 Å². The van der Waals surface area contributed by atoms with E-state index >= 15 is 0 Å². The first-order valence-electron chi connectivity index (χ1n) is 9.70. The Morgan fingerprint density at radius 1 is 1.29 bits per heavy atom. The molecule has 1 heterocycles. The summed E-state index contributed by atoms with van der Waals surface area (Å²) in [5.74, 6) is 0.434. The Labute approximate surface area is 171 Å². The van der Waals surface area contributed by atoms with Crippen LogP contribution in [0.25, 0.3) is 0 Å². The molecule has 7 heteroatoms. The van der Waals surface area contributed by atoms with Crippen molar-refractivity contribution < 1.29 is 9.53 Å². The number of ether oxygens (including phenoxy) is 1. The average molecular weight is 403 g/mol. The van der Waals surface area contributed by atoms with E-state index < -0.39 is 0 Å². The monoisotopic (exact) mass is 402 g/mol. The van der Waals surface area contributed by atoms with Crippen LogP contribution in [0.3, 0.4) is 0 Å². The van der Waals surface area contributed by atoms with Crippen LogP contribution in [-0.2, 0) is 11.2 Å². The van der Waals surface area contributed by atoms with Crippen LogP contribution in [-0.4, -0.2) is 36.6 Å². The van der Waals surface area contributed by atoms with Gasteiger partial charge in [0, 0.05) is 13.1 Å². The van der Waals surface area contributed by atoms with Gasteiger partial charge < -0.3 is 15.4 Å². The Bertz CT molecular complexity index is 816. The highest BCUT2D eigenvalue weighted by molar-refractivity contribution is 7.13. The molecule has 0 aliphatic heterocycles. The van der Waals surface area contributed by atoms with E-state index in [0.29, 0.717) is 23.7 Å². The molecular weight excluding hydrogens is 372 g/mol. The highest BCUT2D eigenvalue weighted by Crippen LogP contribution is 2.24. The summed E-state index contributed by atoms with van der Waals surface area (Å²) in [5, 5.41) is 7.49. The van der Waals surface area contributed by atoms with Crippen LogP contribution < -0.4 is 10.6 Å². The Balaban J connectivity index is 2.03. The van der Waals surface area contributed by atoms with Gasteiger partial charge in [-0.1, -0.05) is 24.3 Å². The zero-order valence-electron chi connectivity index (χ0n) is 17.3. The maximum absolute atomic E-state index is 12.0. The van der Waals surface area contributed by atoms with Crippen molar-refractivity contribution in [3.05, 3.63) is 51.0 Å². The zero-order chi connectivity index (χ0) is 20.5. The minimum absolute atomic E-state index is 0.0665. The number of aryl methyl sites for hydroxylation is 2. The predicted molar refractivity (Wildman–Crippen MR) is 115 cm³/mol. The number of guanidine groups is 1. The van der Waals surface area contributed by atoms with Crippen molar-refractivity contribution in [3.63, 3.8) is 0 Å². The van der Waals surface area contributed by atoms with Crippen LogP contribution in [0, 0.1) is 13.8 Å². The number of aliphatic imine (C=N–C) groups is 1. The molecule has 1 atom stereocenters. The summed E-state index contributed by atoms with van der Waals surface area (Å²) in [4.78, 5) is 21.8. The maximum atomic E-state index is 12.0. The van der Waals surface area contributed by atoms with Crippen molar-refractivity contribution in [1.29, 1.82) is 0 Å². The lowest BCUT2D eigenvalue weighted by Crippen LogP contribution is -2.38. The van der Waals surface area contributed by atoms with Crippen LogP contribution in [0.2, 0.25) is 0 Å². The first kappa shape index (κ1) is 21.9. The molecule has 1 unspecified atom stereocenters. The fourth-order valence-corrected chi connectivity index (χ4v) is 3.72. The molecule has 0 amide bonds. The Kier molecular flexibility index (Phi) is 8.44. The minimum atomic E-state index is -0.310. The van der Waals surface area contributed by atoms with Crippen LogP contribution in [0.4, 0.5) is 0 Å². The molecule has 0 aliphatic carbocycles. The average Bonchev–Trinajstić information content (AvgIpc) is 3.05. The quantitative estimate of drug-likeness (QED) is 0.399. The molecule has 0 fully saturated rings. The summed E-state index contributed by atoms with van der Waals surface area (Å²) < 4.78 is 5.10. The number of nitrogens with one attached hydrogen (secondary N) is 2. The Hall–Kier alpha value is -2.41. The largest absolute Gasteiger partial charge is 0.462 e. The number of carbonyl (C=O) groups is 1. The van der Waals surface area contributed by atoms with Crippen molar-refractivity contribution in [2.75, 3.05) is 19.7 Å². The van der Waals surface area contributed by atoms with Crippen molar-refractivity contribution in [2.45, 2.75) is 47.1 Å². The standard InChI is InChI=1S/C21H30N4O2S/c1-6-22-21(23-13-12-17-11-9-8-10-14(17)3)25-16(5)19-24-15(4)18(28-19)20(26)27-7-2/h8-11,16H,6-7,12-13H2,1-5H3,(H2,22,23,25). The normalized spacial score (nSPS) is 12.5. The van der Waals surface area contributed by atoms with Crippen LogP contribution >= 0.6 is 11.3 Å². The SMILES string of the molecule is CCNC(=NCCc1ccccc1C)NC(C)c1nc(C)c(C(=O)OCC)s1. The zero-order valence-corrected chi connectivity index (χ0v) is 18.2. The van der Waals surface area contributed by atoms with E-state index in [9.17, 15) is 4.79 Å². The lowest BCUT2D eigenvalue weighted by Gasteiger charge is -2.16. The molecule has 152 valence electrons. The van der Waals surface area contributed by atoms with Gasteiger partial charge in [0.2, 0.25) is 0 Å². The second-order valence-corrected chi connectivity index (χ2v) is 7.52. The minimum Gasteiger partial charge on any atom is -0.462 e. The summed E-state index contributed by atoms with van der Waals surface area (Å²) >= 11 is 1.37. The van der Waals surface area contributed by atoms with Gasteiger partial charge in [0.25, 0.3) is 0 Å². The Morgan fingerprint density at radius 2 is 2.04 bits per heavy atom. The van der Waals surface area contributed by atoms with E-state index in [1.807, 2.05) is 20.8 Å². The first-order valence-corrected chi connectivity index (χ1v) is 10.5. The summed E-state index contributed by atoms with van der Waals surface area (Å²) in [6.07, 6.45) is 0.890. The molecule has 2 rings (SSSR count). The lowest BCUT2D eigenvalue weighted by atomic mass is 10.1. The molecule has 0 saturated carbocycles. The third kappa shape index (κ3) is 6.05. The molecule has 2 aromatic rings. The van der Waals surface area contributed by atoms with Crippen molar-refractivity contribution >= 4 is 23.3 Å². The van der Waals surface area contributed by atoms with Gasteiger partial charge in [-0.2, -0.15) is 0 Å². The molecule has 1 aromatic carbocycles. The number of nitrogens with zero attached hydrogens (tertiary/aromatic N) is 2. The molecular formula is C21H30N4O2S. The molecule has 0 aliphatic rings. The third-order valence-electron chi connectivity index (χ3n) is 4.25. The molecule has 1 aromatic heterocycles. The van der Waals surface area contributed by atoms with Gasteiger partial charge in [0.1, 0.15) is 9.88 Å². The summed E-state index contributed by atoms with van der Waals surface area (Å²) in [5.41, 5.74) is 3.30. The molecule has 2 N–H and O–H groups in total. The fraction of sp³-hybridized carbons (Fsp3) is 0.476. The van der Waals surface area contributed by atoms with E-state index in [2.05, 4.69) is 51.8 Å². The highest BCUT2D eigenvalue weighted by atomic mass is 32.1. The van der Waals surface area contributed by atoms with Crippen molar-refractivity contribution in [2.24, 2.45) is 4.99 Å². The number of esters is 1. The number of hydrogen-bond acceptors (Lipinski definition) is 5. The van der Waals surface area contributed by atoms with Crippen molar-refractivity contribution in [1.82, 2.24) is 15.6 Å². The van der Waals surface area contributed by atoms with Gasteiger partial charge in [0.15, 0.2) is 5.96 Å². The number of carbonyl (C=O) groups excluding carboxylic acids is 1. The maximum Gasteiger partial charge on any atom is 0.350 e. The Morgan fingerprint density at radius 3 is 2.71 bits per heavy atom. The number of aromatic nitrogens is 1. The number of hydrogen-bond donors (Lipinski definition) is 2. The van der Waals surface area contributed by atoms with Gasteiger partial charge in [0.05, 0.1) is 18.3 Å². The van der Waals surface area contributed by atoms with E-state index in [0.717, 1.165) is 23.9 Å². The first-order chi connectivity index (χ1) is 13.5. The highest BCUT2D eigenvalue weighted by Gasteiger charge is 2.20. The summed E-state index contributed by atoms with van der Waals surface area (Å²) in [6.45, 7) is 11.6. The molecule has 0 bridgehead atoms. The van der Waals surface area contributed by atoms with Gasteiger partial charge in [-0.3, -0.25) is 4.99 Å². The van der Waals surface area contributed by atoms with Gasteiger partial charge in [-0.15, -0.1) is 11.3 Å². The molecule has 6 nitrogen and oxygen atoms in total. The number of rotatable bonds is 8. The van der Waals surface area contributed by atoms with Crippen molar-refractivity contribution in [3.8, 4) is 0 Å². The molecule has 0 radical (unpaired) electrons. The van der Waals surface area contributed by atoms with Gasteiger partial charge in [-0.25, -0.2) is 9.78 Å². The predicted octanol–water partition coefficient (Wildman–Crippen LogP) is 3.80. The van der Waals surface area contributed by atoms with E-state index in [1.165, 1.54) is 22.5 Å². The molecule has 0 saturated heterocycles. The second kappa shape index (κ2) is 10.8. The smallest absolute Gasteiger partial charge is 0.350 e. The van der Waals surface area contributed by atoms with E-state index in [-0.39, 0.29) is 12.0 Å². The number of thiazole rings is 1. The number of benzene rings is 1. The fourth-order valence-electron chi connectivity index (χ4n) is 2.75. The summed E-state index contributed by atoms with van der Waals surface area (Å²) in [6, 6.07) is 8.31. The lowest BCUT2D eigenvalue weighted by molar-refractivity contribution is 0.0531. The van der Waals surface area contributed by atoms with E-state index in [1.54, 1.807) is 6.92 Å². The van der Waals surface area contributed by atoms with Crippen LogP contribution in [0.15, 0.2) is 29.3 Å². The van der Waals surface area contributed by atoms with Crippen LogP contribution in [0.5, 0.6) is 0 Å². The third-order valence-corrected chi connectivity index (χ3v) is 5.57. The summed E-state index contributed by atoms with van der Waals surface area (Å²) in [7, 11) is 0.